The third-order valence-electron chi connectivity index (χ3n) is 3.53. The van der Waals surface area contributed by atoms with Crippen LogP contribution in [0.25, 0.3) is 0 Å². The Balaban J connectivity index is 4.88. The van der Waals surface area contributed by atoms with E-state index >= 15 is 0 Å². The molecule has 0 fully saturated rings. The van der Waals surface area contributed by atoms with E-state index in [1.807, 2.05) is 4.90 Å². The van der Waals surface area contributed by atoms with Crippen LogP contribution in [0.4, 0.5) is 4.79 Å². The highest BCUT2D eigenvalue weighted by Gasteiger charge is 2.27. The van der Waals surface area contributed by atoms with Gasteiger partial charge in [-0.3, -0.25) is 0 Å². The molecule has 3 nitrogen and oxygen atoms in total. The largest absolute Gasteiger partial charge is 0.351 e. The molecule has 0 aliphatic heterocycles. The van der Waals surface area contributed by atoms with Gasteiger partial charge in [0.15, 0.2) is 0 Å². The average Bonchev–Trinajstić information content (AvgIpc) is 2.30. The topological polar surface area (TPSA) is 46.3 Å². The molecule has 2 amide bonds. The first kappa shape index (κ1) is 17.3. The molecule has 0 aromatic heterocycles. The van der Waals surface area contributed by atoms with Crippen molar-refractivity contribution in [2.24, 2.45) is 5.73 Å². The van der Waals surface area contributed by atoms with Crippen molar-refractivity contribution in [1.29, 1.82) is 0 Å². The number of amides is 2. The van der Waals surface area contributed by atoms with Crippen molar-refractivity contribution >= 4 is 6.03 Å². The second kappa shape index (κ2) is 10.2. The number of rotatable bonds is 10. The molecule has 0 radical (unpaired) electrons. The van der Waals surface area contributed by atoms with Crippen LogP contribution >= 0.6 is 0 Å². The molecular formula is C15H32N2O. The van der Waals surface area contributed by atoms with Gasteiger partial charge in [-0.1, -0.05) is 53.4 Å². The zero-order valence-electron chi connectivity index (χ0n) is 12.7. The van der Waals surface area contributed by atoms with E-state index < -0.39 is 0 Å². The summed E-state index contributed by atoms with van der Waals surface area (Å²) in [7, 11) is 0. The Bertz CT molecular complexity index is 191. The van der Waals surface area contributed by atoms with Crippen LogP contribution < -0.4 is 5.73 Å². The Morgan fingerprint density at radius 1 is 0.833 bits per heavy atom. The Labute approximate surface area is 113 Å². The SMILES string of the molecule is CCCC(CCC)N(C(N)=O)C(CCC)CCC. The van der Waals surface area contributed by atoms with E-state index in [2.05, 4.69) is 27.7 Å². The van der Waals surface area contributed by atoms with Gasteiger partial charge in [0.2, 0.25) is 0 Å². The summed E-state index contributed by atoms with van der Waals surface area (Å²) in [6.07, 6.45) is 8.72. The van der Waals surface area contributed by atoms with Crippen molar-refractivity contribution in [3.05, 3.63) is 0 Å². The molecule has 0 aromatic carbocycles. The number of carbonyl (C=O) groups excluding carboxylic acids is 1. The zero-order chi connectivity index (χ0) is 14.0. The number of hydrogen-bond acceptors (Lipinski definition) is 1. The highest BCUT2D eigenvalue weighted by Crippen LogP contribution is 2.21. The highest BCUT2D eigenvalue weighted by atomic mass is 16.2. The van der Waals surface area contributed by atoms with Crippen LogP contribution in [0, 0.1) is 0 Å². The molecule has 108 valence electrons. The standard InChI is InChI=1S/C15H32N2O/c1-5-9-13(10-6-2)17(15(16)18)14(11-7-3)12-8-4/h13-14H,5-12H2,1-4H3,(H2,16,18). The molecule has 0 unspecified atom stereocenters. The summed E-state index contributed by atoms with van der Waals surface area (Å²) >= 11 is 0. The summed E-state index contributed by atoms with van der Waals surface area (Å²) in [5.74, 6) is 0. The number of nitrogens with two attached hydrogens (primary N) is 1. The van der Waals surface area contributed by atoms with Crippen molar-refractivity contribution in [2.75, 3.05) is 0 Å². The third kappa shape index (κ3) is 5.74. The fourth-order valence-corrected chi connectivity index (χ4v) is 2.84. The Kier molecular flexibility index (Phi) is 9.80. The molecule has 0 saturated carbocycles. The van der Waals surface area contributed by atoms with Crippen molar-refractivity contribution in [3.8, 4) is 0 Å². The summed E-state index contributed by atoms with van der Waals surface area (Å²) in [5.41, 5.74) is 5.65. The summed E-state index contributed by atoms with van der Waals surface area (Å²) in [6.45, 7) is 8.71. The maximum absolute atomic E-state index is 11.8. The van der Waals surface area contributed by atoms with Crippen LogP contribution in [-0.4, -0.2) is 23.0 Å². The highest BCUT2D eigenvalue weighted by molar-refractivity contribution is 5.72. The van der Waals surface area contributed by atoms with Gasteiger partial charge < -0.3 is 10.6 Å². The van der Waals surface area contributed by atoms with Gasteiger partial charge in [0.25, 0.3) is 0 Å². The van der Waals surface area contributed by atoms with Crippen LogP contribution in [0.3, 0.4) is 0 Å². The van der Waals surface area contributed by atoms with Gasteiger partial charge in [-0.25, -0.2) is 4.79 Å². The maximum atomic E-state index is 11.8. The van der Waals surface area contributed by atoms with Gasteiger partial charge in [0.05, 0.1) is 0 Å². The van der Waals surface area contributed by atoms with Gasteiger partial charge in [-0.05, 0) is 25.7 Å². The molecule has 0 aromatic rings. The van der Waals surface area contributed by atoms with Crippen LogP contribution in [0.1, 0.15) is 79.1 Å². The van der Waals surface area contributed by atoms with Crippen molar-refractivity contribution in [1.82, 2.24) is 4.90 Å². The van der Waals surface area contributed by atoms with Crippen LogP contribution in [0.5, 0.6) is 0 Å². The number of hydrogen-bond donors (Lipinski definition) is 1. The Hall–Kier alpha value is -0.730. The molecule has 18 heavy (non-hydrogen) atoms. The van der Waals surface area contributed by atoms with E-state index in [1.54, 1.807) is 0 Å². The smallest absolute Gasteiger partial charge is 0.315 e. The maximum Gasteiger partial charge on any atom is 0.315 e. The van der Waals surface area contributed by atoms with Crippen LogP contribution in [0.2, 0.25) is 0 Å². The first-order chi connectivity index (χ1) is 8.62. The summed E-state index contributed by atoms with van der Waals surface area (Å²) in [5, 5.41) is 0. The number of carbonyl (C=O) groups is 1. The van der Waals surface area contributed by atoms with E-state index in [-0.39, 0.29) is 6.03 Å². The van der Waals surface area contributed by atoms with Crippen molar-refractivity contribution in [3.63, 3.8) is 0 Å². The fraction of sp³-hybridized carbons (Fsp3) is 0.933. The number of nitrogens with zero attached hydrogens (tertiary/aromatic N) is 1. The third-order valence-corrected chi connectivity index (χ3v) is 3.53. The predicted octanol–water partition coefficient (Wildman–Crippen LogP) is 4.30. The minimum Gasteiger partial charge on any atom is -0.351 e. The minimum absolute atomic E-state index is 0.228. The first-order valence-electron chi connectivity index (χ1n) is 7.69. The monoisotopic (exact) mass is 256 g/mol. The molecule has 3 heteroatoms. The number of urea groups is 1. The predicted molar refractivity (Wildman–Crippen MR) is 78.6 cm³/mol. The van der Waals surface area contributed by atoms with Gasteiger partial charge in [-0.15, -0.1) is 0 Å². The van der Waals surface area contributed by atoms with Crippen LogP contribution in [-0.2, 0) is 0 Å². The van der Waals surface area contributed by atoms with Gasteiger partial charge in [-0.2, -0.15) is 0 Å². The van der Waals surface area contributed by atoms with Crippen molar-refractivity contribution in [2.45, 2.75) is 91.1 Å². The van der Waals surface area contributed by atoms with Gasteiger partial charge in [0.1, 0.15) is 0 Å². The molecule has 0 atom stereocenters. The zero-order valence-corrected chi connectivity index (χ0v) is 12.7. The fourth-order valence-electron chi connectivity index (χ4n) is 2.84. The average molecular weight is 256 g/mol. The molecule has 2 N–H and O–H groups in total. The lowest BCUT2D eigenvalue weighted by Crippen LogP contribution is -2.49. The minimum atomic E-state index is -0.228. The lowest BCUT2D eigenvalue weighted by molar-refractivity contribution is 0.130. The molecule has 0 heterocycles. The van der Waals surface area contributed by atoms with E-state index in [4.69, 9.17) is 5.73 Å². The molecule has 0 rings (SSSR count). The lowest BCUT2D eigenvalue weighted by atomic mass is 9.98. The van der Waals surface area contributed by atoms with E-state index in [0.29, 0.717) is 12.1 Å². The molecule has 0 saturated heterocycles. The molecule has 0 aliphatic rings. The summed E-state index contributed by atoms with van der Waals surface area (Å²) < 4.78 is 0. The quantitative estimate of drug-likeness (QED) is 0.622. The summed E-state index contributed by atoms with van der Waals surface area (Å²) in [6, 6.07) is 0.440. The molecule has 0 aliphatic carbocycles. The molecule has 0 spiro atoms. The Morgan fingerprint density at radius 2 is 1.11 bits per heavy atom. The summed E-state index contributed by atoms with van der Waals surface area (Å²) in [4.78, 5) is 13.8. The second-order valence-corrected chi connectivity index (χ2v) is 5.21. The Morgan fingerprint density at radius 3 is 1.28 bits per heavy atom. The first-order valence-corrected chi connectivity index (χ1v) is 7.69. The number of primary amides is 1. The normalized spacial score (nSPS) is 11.2. The van der Waals surface area contributed by atoms with E-state index in [0.717, 1.165) is 51.4 Å². The lowest BCUT2D eigenvalue weighted by Gasteiger charge is -2.37. The second-order valence-electron chi connectivity index (χ2n) is 5.21. The van der Waals surface area contributed by atoms with Gasteiger partial charge in [0, 0.05) is 12.1 Å². The van der Waals surface area contributed by atoms with Gasteiger partial charge >= 0.3 is 6.03 Å². The molecule has 0 bridgehead atoms. The van der Waals surface area contributed by atoms with Crippen molar-refractivity contribution < 1.29 is 4.79 Å². The molecular weight excluding hydrogens is 224 g/mol. The van der Waals surface area contributed by atoms with Crippen LogP contribution in [0.15, 0.2) is 0 Å². The van der Waals surface area contributed by atoms with E-state index in [1.165, 1.54) is 0 Å². The van der Waals surface area contributed by atoms with E-state index in [9.17, 15) is 4.79 Å².